The van der Waals surface area contributed by atoms with Gasteiger partial charge in [0.2, 0.25) is 0 Å². The number of hydrogen-bond acceptors (Lipinski definition) is 4. The molecule has 3 atom stereocenters. The Bertz CT molecular complexity index is 1300. The summed E-state index contributed by atoms with van der Waals surface area (Å²) in [4.78, 5) is 15.9. The van der Waals surface area contributed by atoms with Gasteiger partial charge in [0.25, 0.3) is 0 Å². The number of fused-ring (bicyclic) bond motifs is 3. The van der Waals surface area contributed by atoms with Crippen LogP contribution in [0.2, 0.25) is 0 Å². The zero-order chi connectivity index (χ0) is 22.3. The molecule has 2 aliphatic heterocycles. The minimum Gasteiger partial charge on any atom is -0.357 e. The van der Waals surface area contributed by atoms with E-state index in [0.717, 1.165) is 20.3 Å². The lowest BCUT2D eigenvalue weighted by Crippen LogP contribution is -2.38. The van der Waals surface area contributed by atoms with Gasteiger partial charge in [-0.3, -0.25) is 4.79 Å². The van der Waals surface area contributed by atoms with Gasteiger partial charge >= 0.3 is 0 Å². The van der Waals surface area contributed by atoms with Crippen LogP contribution in [0.25, 0.3) is 6.08 Å². The van der Waals surface area contributed by atoms with Crippen molar-refractivity contribution in [3.8, 4) is 12.1 Å². The first-order chi connectivity index (χ1) is 15.6. The van der Waals surface area contributed by atoms with E-state index < -0.39 is 23.4 Å². The number of hydrogen-bond donors (Lipinski definition) is 0. The fourth-order valence-electron chi connectivity index (χ4n) is 5.14. The topological polar surface area (TPSA) is 67.9 Å². The van der Waals surface area contributed by atoms with Crippen molar-refractivity contribution in [3.63, 3.8) is 0 Å². The molecule has 154 valence electrons. The second-order valence-electron chi connectivity index (χ2n) is 8.06. The first kappa shape index (κ1) is 20.5. The molecule has 0 saturated carbocycles. The van der Waals surface area contributed by atoms with Gasteiger partial charge in [-0.1, -0.05) is 72.8 Å². The third kappa shape index (κ3) is 2.89. The predicted octanol–water partition coefficient (Wildman–Crippen LogP) is 5.70. The summed E-state index contributed by atoms with van der Waals surface area (Å²) >= 11 is 2.23. The molecule has 3 aromatic carbocycles. The van der Waals surface area contributed by atoms with E-state index in [9.17, 15) is 15.3 Å². The van der Waals surface area contributed by atoms with Crippen LogP contribution in [-0.2, 0) is 0 Å². The lowest BCUT2D eigenvalue weighted by atomic mass is 9.67. The molecule has 0 N–H and O–H groups in total. The molecule has 0 aliphatic carbocycles. The number of ketones is 1. The lowest BCUT2D eigenvalue weighted by Gasteiger charge is -2.34. The minimum absolute atomic E-state index is 0.0864. The fraction of sp³-hybridized carbons (Fsp3) is 0.148. The van der Waals surface area contributed by atoms with Crippen LogP contribution in [0.4, 0.5) is 0 Å². The number of benzene rings is 3. The van der Waals surface area contributed by atoms with Gasteiger partial charge in [0.15, 0.2) is 11.2 Å². The highest BCUT2D eigenvalue weighted by atomic mass is 127. The van der Waals surface area contributed by atoms with Gasteiger partial charge in [-0.2, -0.15) is 10.5 Å². The van der Waals surface area contributed by atoms with Crippen molar-refractivity contribution in [2.45, 2.75) is 18.0 Å². The molecule has 0 unspecified atom stereocenters. The van der Waals surface area contributed by atoms with Crippen molar-refractivity contribution in [1.29, 1.82) is 10.5 Å². The van der Waals surface area contributed by atoms with Crippen molar-refractivity contribution in [2.75, 3.05) is 0 Å². The van der Waals surface area contributed by atoms with Gasteiger partial charge in [-0.15, -0.1) is 0 Å². The molecule has 32 heavy (non-hydrogen) atoms. The largest absolute Gasteiger partial charge is 0.357 e. The second-order valence-corrected chi connectivity index (χ2v) is 9.22. The molecule has 2 heterocycles. The van der Waals surface area contributed by atoms with Crippen LogP contribution in [0.1, 0.15) is 39.0 Å². The summed E-state index contributed by atoms with van der Waals surface area (Å²) in [6.07, 6.45) is 3.85. The fourth-order valence-corrected chi connectivity index (χ4v) is 5.86. The van der Waals surface area contributed by atoms with Crippen LogP contribution in [0.5, 0.6) is 0 Å². The Hall–Kier alpha value is -3.42. The van der Waals surface area contributed by atoms with E-state index in [2.05, 4.69) is 34.7 Å². The van der Waals surface area contributed by atoms with E-state index in [-0.39, 0.29) is 5.78 Å². The Kier molecular flexibility index (Phi) is 5.07. The van der Waals surface area contributed by atoms with E-state index in [1.807, 2.05) is 83.9 Å². The zero-order valence-electron chi connectivity index (χ0n) is 17.0. The third-order valence-corrected chi connectivity index (χ3v) is 7.49. The summed E-state index contributed by atoms with van der Waals surface area (Å²) in [5.41, 5.74) is 1.87. The number of Topliss-reactive ketones (excluding diaryl/α,β-unsaturated/α-hetero) is 1. The number of carbonyl (C=O) groups is 1. The summed E-state index contributed by atoms with van der Waals surface area (Å²) in [5.74, 6) is -0.698. The van der Waals surface area contributed by atoms with Gasteiger partial charge < -0.3 is 4.90 Å². The number of halogens is 1. The predicted molar refractivity (Wildman–Crippen MR) is 130 cm³/mol. The maximum atomic E-state index is 13.9. The molecule has 1 fully saturated rings. The number of rotatable bonds is 3. The number of nitriles is 2. The van der Waals surface area contributed by atoms with Gasteiger partial charge in [0.1, 0.15) is 6.04 Å². The summed E-state index contributed by atoms with van der Waals surface area (Å²) in [6.45, 7) is 0. The van der Waals surface area contributed by atoms with E-state index in [4.69, 9.17) is 0 Å². The standard InChI is InChI=1S/C27H18IN3O/c28-22-13-7-6-12-21(22)23-24(25(32)19-9-2-1-3-10-19)31-15-14-18-8-4-5-11-20(18)26(31)27(23,16-29)17-30/h1-15,23-24,26H/t23-,24-,26-/m1/s1. The quantitative estimate of drug-likeness (QED) is 0.324. The monoisotopic (exact) mass is 527 g/mol. The van der Waals surface area contributed by atoms with Crippen LogP contribution < -0.4 is 0 Å². The van der Waals surface area contributed by atoms with Crippen molar-refractivity contribution >= 4 is 34.5 Å². The van der Waals surface area contributed by atoms with Crippen LogP contribution in [0.15, 0.2) is 85.1 Å². The van der Waals surface area contributed by atoms with Gasteiger partial charge in [0, 0.05) is 21.3 Å². The Balaban J connectivity index is 1.80. The van der Waals surface area contributed by atoms with Crippen molar-refractivity contribution < 1.29 is 4.79 Å². The Labute approximate surface area is 200 Å². The molecular weight excluding hydrogens is 509 g/mol. The molecule has 0 aromatic heterocycles. The third-order valence-electron chi connectivity index (χ3n) is 6.51. The highest BCUT2D eigenvalue weighted by Gasteiger charge is 2.64. The Morgan fingerprint density at radius 2 is 1.50 bits per heavy atom. The molecule has 4 nitrogen and oxygen atoms in total. The molecule has 3 aromatic rings. The van der Waals surface area contributed by atoms with E-state index in [0.29, 0.717) is 5.56 Å². The lowest BCUT2D eigenvalue weighted by molar-refractivity contribution is 0.0874. The highest BCUT2D eigenvalue weighted by Crippen LogP contribution is 2.60. The van der Waals surface area contributed by atoms with Gasteiger partial charge in [0.05, 0.1) is 18.2 Å². The van der Waals surface area contributed by atoms with Gasteiger partial charge in [-0.05, 0) is 51.4 Å². The second kappa shape index (κ2) is 7.93. The smallest absolute Gasteiger partial charge is 0.185 e. The van der Waals surface area contributed by atoms with Crippen molar-refractivity contribution in [3.05, 3.63) is 111 Å². The van der Waals surface area contributed by atoms with E-state index in [1.165, 1.54) is 0 Å². The van der Waals surface area contributed by atoms with E-state index >= 15 is 0 Å². The number of nitrogens with zero attached hydrogens (tertiary/aromatic N) is 3. The molecule has 0 bridgehead atoms. The Morgan fingerprint density at radius 3 is 2.19 bits per heavy atom. The molecule has 5 heteroatoms. The molecule has 2 aliphatic rings. The SMILES string of the molecule is N#CC1(C#N)[C@H](c2ccccc2I)[C@H](C(=O)c2ccccc2)N2C=Cc3ccccc3[C@@H]21. The maximum absolute atomic E-state index is 13.9. The zero-order valence-corrected chi connectivity index (χ0v) is 19.2. The minimum atomic E-state index is -1.43. The van der Waals surface area contributed by atoms with Crippen LogP contribution >= 0.6 is 22.6 Å². The maximum Gasteiger partial charge on any atom is 0.185 e. The first-order valence-electron chi connectivity index (χ1n) is 10.3. The van der Waals surface area contributed by atoms with Gasteiger partial charge in [-0.25, -0.2) is 0 Å². The van der Waals surface area contributed by atoms with Crippen molar-refractivity contribution in [1.82, 2.24) is 4.90 Å². The highest BCUT2D eigenvalue weighted by molar-refractivity contribution is 14.1. The molecule has 0 radical (unpaired) electrons. The molecular formula is C27H18IN3O. The normalized spacial score (nSPS) is 22.3. The van der Waals surface area contributed by atoms with Crippen molar-refractivity contribution in [2.24, 2.45) is 5.41 Å². The van der Waals surface area contributed by atoms with Crippen LogP contribution in [0.3, 0.4) is 0 Å². The first-order valence-corrected chi connectivity index (χ1v) is 11.4. The number of carbonyl (C=O) groups excluding carboxylic acids is 1. The average Bonchev–Trinajstić information content (AvgIpc) is 3.15. The summed E-state index contributed by atoms with van der Waals surface area (Å²) in [5, 5.41) is 21.1. The summed E-state index contributed by atoms with van der Waals surface area (Å²) in [7, 11) is 0. The molecule has 0 spiro atoms. The molecule has 1 saturated heterocycles. The molecule has 0 amide bonds. The van der Waals surface area contributed by atoms with Crippen LogP contribution in [-0.4, -0.2) is 16.7 Å². The average molecular weight is 527 g/mol. The summed E-state index contributed by atoms with van der Waals surface area (Å²) in [6, 6.07) is 28.2. The Morgan fingerprint density at radius 1 is 0.875 bits per heavy atom. The molecule has 5 rings (SSSR count). The summed E-state index contributed by atoms with van der Waals surface area (Å²) < 4.78 is 0.938. The van der Waals surface area contributed by atoms with Crippen LogP contribution in [0, 0.1) is 31.6 Å². The van der Waals surface area contributed by atoms with E-state index in [1.54, 1.807) is 12.1 Å².